The number of benzene rings is 1. The van der Waals surface area contributed by atoms with Crippen LogP contribution < -0.4 is 0 Å². The number of rotatable bonds is 9. The molecule has 1 aromatic carbocycles. The van der Waals surface area contributed by atoms with Gasteiger partial charge in [0.15, 0.2) is 0 Å². The molecule has 0 bridgehead atoms. The zero-order valence-corrected chi connectivity index (χ0v) is 12.1. The number of hydrogen-bond donors (Lipinski definition) is 1. The summed E-state index contributed by atoms with van der Waals surface area (Å²) in [5, 5.41) is 9.28. The Bertz CT molecular complexity index is 357. The number of carboxylic acid groups (broad SMARTS) is 1. The second-order valence-corrected chi connectivity index (χ2v) is 5.76. The van der Waals surface area contributed by atoms with Crippen LogP contribution in [0.1, 0.15) is 51.5 Å². The summed E-state index contributed by atoms with van der Waals surface area (Å²) in [7, 11) is 0. The fourth-order valence-corrected chi connectivity index (χ4v) is 2.33. The van der Waals surface area contributed by atoms with E-state index in [4.69, 9.17) is 0 Å². The van der Waals surface area contributed by atoms with E-state index in [0.29, 0.717) is 6.42 Å². The summed E-state index contributed by atoms with van der Waals surface area (Å²) in [5.41, 5.74) is 1.12. The van der Waals surface area contributed by atoms with Gasteiger partial charge in [0.1, 0.15) is 0 Å². The third kappa shape index (κ3) is 7.00. The molecule has 0 fully saturated rings. The van der Waals surface area contributed by atoms with Crippen LogP contribution in [0, 0.1) is 11.8 Å². The number of carboxylic acids is 1. The molecule has 1 aromatic rings. The summed E-state index contributed by atoms with van der Waals surface area (Å²) >= 11 is 0. The Balaban J connectivity index is 2.31. The first-order valence-electron chi connectivity index (χ1n) is 7.36. The van der Waals surface area contributed by atoms with Gasteiger partial charge < -0.3 is 5.11 Å². The summed E-state index contributed by atoms with van der Waals surface area (Å²) < 4.78 is 0. The predicted molar refractivity (Wildman–Crippen MR) is 79.2 cm³/mol. The van der Waals surface area contributed by atoms with Crippen molar-refractivity contribution in [3.05, 3.63) is 35.9 Å². The van der Waals surface area contributed by atoms with E-state index in [1.165, 1.54) is 12.8 Å². The normalized spacial score (nSPS) is 12.6. The average Bonchev–Trinajstić information content (AvgIpc) is 2.37. The molecular formula is C17H26O2. The molecule has 2 heteroatoms. The molecule has 19 heavy (non-hydrogen) atoms. The fourth-order valence-electron chi connectivity index (χ4n) is 2.33. The molecule has 0 spiro atoms. The lowest BCUT2D eigenvalue weighted by Crippen LogP contribution is -2.16. The molecule has 1 N–H and O–H groups in total. The molecule has 1 atom stereocenters. The summed E-state index contributed by atoms with van der Waals surface area (Å²) in [5.74, 6) is -0.145. The van der Waals surface area contributed by atoms with Gasteiger partial charge in [-0.25, -0.2) is 0 Å². The predicted octanol–water partition coefficient (Wildman–Crippen LogP) is 4.54. The quantitative estimate of drug-likeness (QED) is 0.663. The number of carbonyl (C=O) groups is 1. The Morgan fingerprint density at radius 1 is 1.05 bits per heavy atom. The highest BCUT2D eigenvalue weighted by molar-refractivity contribution is 5.70. The van der Waals surface area contributed by atoms with Crippen LogP contribution in [-0.4, -0.2) is 11.1 Å². The summed E-state index contributed by atoms with van der Waals surface area (Å²) in [6, 6.07) is 9.92. The van der Waals surface area contributed by atoms with Crippen molar-refractivity contribution in [2.45, 2.75) is 52.4 Å². The molecular weight excluding hydrogens is 236 g/mol. The Labute approximate surface area is 116 Å². The third-order valence-corrected chi connectivity index (χ3v) is 3.51. The molecule has 1 unspecified atom stereocenters. The molecule has 2 nitrogen and oxygen atoms in total. The number of aliphatic carboxylic acids is 1. The van der Waals surface area contributed by atoms with Gasteiger partial charge in [0, 0.05) is 0 Å². The Hall–Kier alpha value is -1.31. The zero-order chi connectivity index (χ0) is 14.1. The highest BCUT2D eigenvalue weighted by atomic mass is 16.4. The highest BCUT2D eigenvalue weighted by Gasteiger charge is 2.17. The molecule has 1 rings (SSSR count). The van der Waals surface area contributed by atoms with Gasteiger partial charge in [-0.1, -0.05) is 69.9 Å². The van der Waals surface area contributed by atoms with E-state index in [1.807, 2.05) is 30.3 Å². The molecule has 0 aliphatic carbocycles. The monoisotopic (exact) mass is 262 g/mol. The fraction of sp³-hybridized carbons (Fsp3) is 0.588. The van der Waals surface area contributed by atoms with Gasteiger partial charge in [0.25, 0.3) is 0 Å². The van der Waals surface area contributed by atoms with E-state index in [2.05, 4.69) is 13.8 Å². The van der Waals surface area contributed by atoms with Gasteiger partial charge in [-0.15, -0.1) is 0 Å². The topological polar surface area (TPSA) is 37.3 Å². The van der Waals surface area contributed by atoms with Gasteiger partial charge in [0.2, 0.25) is 0 Å². The molecule has 0 amide bonds. The van der Waals surface area contributed by atoms with Gasteiger partial charge >= 0.3 is 5.97 Å². The average molecular weight is 262 g/mol. The van der Waals surface area contributed by atoms with Crippen LogP contribution in [0.15, 0.2) is 30.3 Å². The van der Waals surface area contributed by atoms with Gasteiger partial charge in [0.05, 0.1) is 5.92 Å². The Morgan fingerprint density at radius 3 is 2.26 bits per heavy atom. The van der Waals surface area contributed by atoms with Crippen LogP contribution in [0.25, 0.3) is 0 Å². The highest BCUT2D eigenvalue weighted by Crippen LogP contribution is 2.17. The van der Waals surface area contributed by atoms with E-state index < -0.39 is 5.97 Å². The lowest BCUT2D eigenvalue weighted by molar-refractivity contribution is -0.142. The van der Waals surface area contributed by atoms with Crippen molar-refractivity contribution in [1.82, 2.24) is 0 Å². The van der Waals surface area contributed by atoms with Crippen molar-refractivity contribution in [2.24, 2.45) is 11.8 Å². The second kappa shape index (κ2) is 8.73. The maximum Gasteiger partial charge on any atom is 0.306 e. The van der Waals surface area contributed by atoms with E-state index in [9.17, 15) is 9.90 Å². The minimum atomic E-state index is -0.660. The SMILES string of the molecule is CC(C)CCCCCC(Cc1ccccc1)C(=O)O. The first-order chi connectivity index (χ1) is 9.09. The van der Waals surface area contributed by atoms with Crippen molar-refractivity contribution in [1.29, 1.82) is 0 Å². The molecule has 0 saturated heterocycles. The van der Waals surface area contributed by atoms with Crippen LogP contribution in [-0.2, 0) is 11.2 Å². The standard InChI is InChI=1S/C17H26O2/c1-14(2)9-5-3-8-12-16(17(18)19)13-15-10-6-4-7-11-15/h4,6-7,10-11,14,16H,3,5,8-9,12-13H2,1-2H3,(H,18,19). The number of hydrogen-bond acceptors (Lipinski definition) is 1. The van der Waals surface area contributed by atoms with Gasteiger partial charge in [-0.3, -0.25) is 4.79 Å². The van der Waals surface area contributed by atoms with E-state index in [-0.39, 0.29) is 5.92 Å². The van der Waals surface area contributed by atoms with Crippen LogP contribution in [0.2, 0.25) is 0 Å². The Kier molecular flexibility index (Phi) is 7.24. The minimum absolute atomic E-state index is 0.235. The summed E-state index contributed by atoms with van der Waals surface area (Å²) in [4.78, 5) is 11.3. The van der Waals surface area contributed by atoms with Crippen molar-refractivity contribution in [3.63, 3.8) is 0 Å². The number of unbranched alkanes of at least 4 members (excludes halogenated alkanes) is 2. The van der Waals surface area contributed by atoms with Crippen molar-refractivity contribution >= 4 is 5.97 Å². The maximum absolute atomic E-state index is 11.3. The smallest absolute Gasteiger partial charge is 0.306 e. The van der Waals surface area contributed by atoms with Crippen LogP contribution >= 0.6 is 0 Å². The lowest BCUT2D eigenvalue weighted by atomic mass is 9.93. The summed E-state index contributed by atoms with van der Waals surface area (Å²) in [6.07, 6.45) is 6.09. The van der Waals surface area contributed by atoms with E-state index in [0.717, 1.165) is 30.7 Å². The maximum atomic E-state index is 11.3. The lowest BCUT2D eigenvalue weighted by Gasteiger charge is -2.12. The van der Waals surface area contributed by atoms with E-state index >= 15 is 0 Å². The molecule has 0 saturated carbocycles. The molecule has 0 aliphatic rings. The Morgan fingerprint density at radius 2 is 1.68 bits per heavy atom. The second-order valence-electron chi connectivity index (χ2n) is 5.76. The van der Waals surface area contributed by atoms with Crippen LogP contribution in [0.4, 0.5) is 0 Å². The van der Waals surface area contributed by atoms with Crippen molar-refractivity contribution in [2.75, 3.05) is 0 Å². The van der Waals surface area contributed by atoms with Crippen LogP contribution in [0.5, 0.6) is 0 Å². The van der Waals surface area contributed by atoms with Gasteiger partial charge in [-0.2, -0.15) is 0 Å². The van der Waals surface area contributed by atoms with E-state index in [1.54, 1.807) is 0 Å². The molecule has 0 aromatic heterocycles. The first kappa shape index (κ1) is 15.7. The molecule has 0 aliphatic heterocycles. The van der Waals surface area contributed by atoms with Crippen LogP contribution in [0.3, 0.4) is 0 Å². The molecule has 106 valence electrons. The first-order valence-corrected chi connectivity index (χ1v) is 7.36. The molecule has 0 heterocycles. The summed E-state index contributed by atoms with van der Waals surface area (Å²) in [6.45, 7) is 4.46. The largest absolute Gasteiger partial charge is 0.481 e. The zero-order valence-electron chi connectivity index (χ0n) is 12.1. The molecule has 0 radical (unpaired) electrons. The van der Waals surface area contributed by atoms with Gasteiger partial charge in [-0.05, 0) is 24.3 Å². The third-order valence-electron chi connectivity index (χ3n) is 3.51. The van der Waals surface area contributed by atoms with Crippen molar-refractivity contribution < 1.29 is 9.90 Å². The van der Waals surface area contributed by atoms with Crippen molar-refractivity contribution in [3.8, 4) is 0 Å². The minimum Gasteiger partial charge on any atom is -0.481 e.